The zero-order chi connectivity index (χ0) is 19.0. The summed E-state index contributed by atoms with van der Waals surface area (Å²) in [5.74, 6) is -0.225. The second kappa shape index (κ2) is 7.84. The number of hydrogen-bond donors (Lipinski definition) is 1. The number of alkyl halides is 3. The van der Waals surface area contributed by atoms with Crippen LogP contribution in [-0.4, -0.2) is 16.5 Å². The van der Waals surface area contributed by atoms with Crippen LogP contribution in [0.2, 0.25) is 5.02 Å². The summed E-state index contributed by atoms with van der Waals surface area (Å²) < 4.78 is 54.9. The van der Waals surface area contributed by atoms with Crippen molar-refractivity contribution in [1.82, 2.24) is 0 Å². The molecule has 12 heteroatoms. The summed E-state index contributed by atoms with van der Waals surface area (Å²) in [6, 6.07) is 5.49. The number of rotatable bonds is 4. The zero-order valence-corrected chi connectivity index (χ0v) is 15.3. The van der Waals surface area contributed by atoms with Crippen molar-refractivity contribution >= 4 is 42.4 Å². The first-order valence-electron chi connectivity index (χ1n) is 6.53. The number of nitrogens with zero attached hydrogens (tertiary/aromatic N) is 1. The van der Waals surface area contributed by atoms with Gasteiger partial charge in [0.15, 0.2) is 0 Å². The van der Waals surface area contributed by atoms with Gasteiger partial charge in [0.25, 0.3) is 5.69 Å². The van der Waals surface area contributed by atoms with E-state index in [1.807, 2.05) is 0 Å². The van der Waals surface area contributed by atoms with E-state index in [0.717, 1.165) is 37.0 Å². The normalized spacial score (nSPS) is 13.5. The fourth-order valence-electron chi connectivity index (χ4n) is 1.94. The Morgan fingerprint density at radius 2 is 1.85 bits per heavy atom. The Kier molecular flexibility index (Phi) is 6.70. The van der Waals surface area contributed by atoms with Crippen molar-refractivity contribution in [2.75, 3.05) is 6.66 Å². The van der Waals surface area contributed by atoms with Crippen molar-refractivity contribution in [1.29, 1.82) is 0 Å². The largest absolute Gasteiger partial charge is 0.456 e. The first kappa shape index (κ1) is 22.2. The maximum Gasteiger partial charge on any atom is 0.416 e. The average Bonchev–Trinajstić information content (AvgIpc) is 2.47. The molecule has 0 radical (unpaired) electrons. The van der Waals surface area contributed by atoms with E-state index in [1.54, 1.807) is 0 Å². The molecule has 0 saturated heterocycles. The van der Waals surface area contributed by atoms with Crippen molar-refractivity contribution in [3.05, 3.63) is 57.1 Å². The topological polar surface area (TPSA) is 89.7 Å². The molecule has 2 aromatic carbocycles. The molecular weight excluding hydrogens is 421 g/mol. The highest BCUT2D eigenvalue weighted by Gasteiger charge is 2.31. The summed E-state index contributed by atoms with van der Waals surface area (Å²) >= 11 is 5.76. The van der Waals surface area contributed by atoms with Crippen LogP contribution in [0.25, 0.3) is 0 Å². The molecule has 1 atom stereocenters. The SMILES string of the molecule is CP(=O)(O)c1cc(Oc2ccc(C(F)(F)F)cc2Cl)ccc1[N+](=O)[O-].Cl. The average molecular weight is 432 g/mol. The van der Waals surface area contributed by atoms with Crippen LogP contribution in [0.1, 0.15) is 5.56 Å². The van der Waals surface area contributed by atoms with Gasteiger partial charge < -0.3 is 9.63 Å². The number of nitro groups is 1. The Labute approximate surface area is 156 Å². The third-order valence-corrected chi connectivity index (χ3v) is 4.63. The van der Waals surface area contributed by atoms with Crippen LogP contribution >= 0.6 is 31.4 Å². The lowest BCUT2D eigenvalue weighted by Crippen LogP contribution is -2.10. The minimum absolute atomic E-state index is 0. The van der Waals surface area contributed by atoms with Crippen molar-refractivity contribution in [3.8, 4) is 11.5 Å². The van der Waals surface area contributed by atoms with E-state index in [2.05, 4.69) is 0 Å². The van der Waals surface area contributed by atoms with E-state index in [0.29, 0.717) is 6.07 Å². The summed E-state index contributed by atoms with van der Waals surface area (Å²) in [7, 11) is -3.99. The highest BCUT2D eigenvalue weighted by atomic mass is 35.5. The van der Waals surface area contributed by atoms with Gasteiger partial charge in [0, 0.05) is 18.8 Å². The van der Waals surface area contributed by atoms with Crippen LogP contribution < -0.4 is 10.0 Å². The summed E-state index contributed by atoms with van der Waals surface area (Å²) in [5.41, 5.74) is -1.54. The molecule has 26 heavy (non-hydrogen) atoms. The van der Waals surface area contributed by atoms with Gasteiger partial charge in [-0.1, -0.05) is 11.6 Å². The van der Waals surface area contributed by atoms with Crippen LogP contribution in [-0.2, 0) is 10.7 Å². The number of nitro benzene ring substituents is 1. The zero-order valence-electron chi connectivity index (χ0n) is 12.9. The maximum atomic E-state index is 12.6. The van der Waals surface area contributed by atoms with Crippen LogP contribution in [0, 0.1) is 10.1 Å². The summed E-state index contributed by atoms with van der Waals surface area (Å²) in [6.45, 7) is 0.921. The van der Waals surface area contributed by atoms with E-state index in [9.17, 15) is 32.7 Å². The highest BCUT2D eigenvalue weighted by Crippen LogP contribution is 2.41. The lowest BCUT2D eigenvalue weighted by molar-refractivity contribution is -0.383. The van der Waals surface area contributed by atoms with Gasteiger partial charge in [-0.2, -0.15) is 13.2 Å². The van der Waals surface area contributed by atoms with Gasteiger partial charge in [-0.05, 0) is 24.3 Å². The van der Waals surface area contributed by atoms with Gasteiger partial charge in [0.2, 0.25) is 7.37 Å². The molecular formula is C14H11Cl2F3NO5P. The second-order valence-electron chi connectivity index (χ2n) is 5.03. The Morgan fingerprint density at radius 3 is 2.31 bits per heavy atom. The molecule has 0 aliphatic rings. The van der Waals surface area contributed by atoms with Gasteiger partial charge in [0.05, 0.1) is 15.5 Å². The van der Waals surface area contributed by atoms with Gasteiger partial charge in [-0.15, -0.1) is 12.4 Å². The molecule has 0 amide bonds. The van der Waals surface area contributed by atoms with E-state index in [-0.39, 0.29) is 28.9 Å². The fraction of sp³-hybridized carbons (Fsp3) is 0.143. The monoisotopic (exact) mass is 431 g/mol. The summed E-state index contributed by atoms with van der Waals surface area (Å²) in [5, 5.41) is 10.1. The Bertz CT molecular complexity index is 885. The van der Waals surface area contributed by atoms with E-state index >= 15 is 0 Å². The molecule has 0 spiro atoms. The third kappa shape index (κ3) is 5.11. The molecule has 0 aliphatic carbocycles. The predicted octanol–water partition coefficient (Wildman–Crippen LogP) is 5.01. The lowest BCUT2D eigenvalue weighted by atomic mass is 10.2. The predicted molar refractivity (Wildman–Crippen MR) is 92.3 cm³/mol. The Hall–Kier alpha value is -1.80. The third-order valence-electron chi connectivity index (χ3n) is 3.08. The molecule has 0 heterocycles. The minimum Gasteiger partial charge on any atom is -0.456 e. The van der Waals surface area contributed by atoms with E-state index < -0.39 is 35.0 Å². The molecule has 0 saturated carbocycles. The minimum atomic E-state index is -4.57. The molecule has 0 fully saturated rings. The summed E-state index contributed by atoms with van der Waals surface area (Å²) in [6.07, 6.45) is -4.57. The van der Waals surface area contributed by atoms with Gasteiger partial charge >= 0.3 is 6.18 Å². The Morgan fingerprint density at radius 1 is 1.23 bits per heavy atom. The van der Waals surface area contributed by atoms with Crippen molar-refractivity contribution in [2.45, 2.75) is 6.18 Å². The smallest absolute Gasteiger partial charge is 0.416 e. The number of halogens is 5. The molecule has 0 bridgehead atoms. The number of benzene rings is 2. The molecule has 2 rings (SSSR count). The molecule has 2 aromatic rings. The van der Waals surface area contributed by atoms with Crippen molar-refractivity contribution in [2.24, 2.45) is 0 Å². The summed E-state index contributed by atoms with van der Waals surface area (Å²) in [4.78, 5) is 19.7. The number of ether oxygens (including phenoxy) is 1. The van der Waals surface area contributed by atoms with Crippen LogP contribution in [0.3, 0.4) is 0 Å². The van der Waals surface area contributed by atoms with Gasteiger partial charge in [-0.3, -0.25) is 14.7 Å². The van der Waals surface area contributed by atoms with E-state index in [4.69, 9.17) is 16.3 Å². The Balaban J connectivity index is 0.00000338. The van der Waals surface area contributed by atoms with Gasteiger partial charge in [0.1, 0.15) is 16.8 Å². The van der Waals surface area contributed by atoms with Crippen LogP contribution in [0.5, 0.6) is 11.5 Å². The quantitative estimate of drug-likeness (QED) is 0.417. The standard InChI is InChI=1S/C14H10ClF3NO5P.ClH/c1-25(22,23)13-7-9(3-4-11(13)19(20)21)24-12-5-2-8(6-10(12)15)14(16,17)18;/h2-7H,1H3,(H,22,23);1H. The van der Waals surface area contributed by atoms with Crippen molar-refractivity contribution < 1.29 is 32.3 Å². The molecule has 142 valence electrons. The maximum absolute atomic E-state index is 12.6. The highest BCUT2D eigenvalue weighted by molar-refractivity contribution is 7.65. The molecule has 1 unspecified atom stereocenters. The molecule has 6 nitrogen and oxygen atoms in total. The molecule has 0 aromatic heterocycles. The first-order valence-corrected chi connectivity index (χ1v) is 9.02. The second-order valence-corrected chi connectivity index (χ2v) is 7.68. The molecule has 1 N–H and O–H groups in total. The van der Waals surface area contributed by atoms with Gasteiger partial charge in [-0.25, -0.2) is 0 Å². The number of hydrogen-bond acceptors (Lipinski definition) is 4. The van der Waals surface area contributed by atoms with Crippen LogP contribution in [0.4, 0.5) is 18.9 Å². The first-order chi connectivity index (χ1) is 11.4. The fourth-order valence-corrected chi connectivity index (χ4v) is 3.11. The molecule has 0 aliphatic heterocycles. The van der Waals surface area contributed by atoms with E-state index in [1.165, 1.54) is 0 Å². The van der Waals surface area contributed by atoms with Crippen molar-refractivity contribution in [3.63, 3.8) is 0 Å². The van der Waals surface area contributed by atoms with Crippen LogP contribution in [0.15, 0.2) is 36.4 Å². The lowest BCUT2D eigenvalue weighted by Gasteiger charge is -2.13.